The molecule has 4 saturated heterocycles. The molecule has 0 unspecified atom stereocenters. The molecule has 7 rings (SSSR count). The van der Waals surface area contributed by atoms with Crippen LogP contribution < -0.4 is 16.0 Å². The Morgan fingerprint density at radius 2 is 1.48 bits per heavy atom. The van der Waals surface area contributed by atoms with Gasteiger partial charge in [-0.2, -0.15) is 0 Å². The van der Waals surface area contributed by atoms with Gasteiger partial charge >= 0.3 is 0 Å². The summed E-state index contributed by atoms with van der Waals surface area (Å²) in [5.74, 6) is 0.805. The quantitative estimate of drug-likeness (QED) is 0.413. The maximum Gasteiger partial charge on any atom is 0.231 e. The second-order valence-electron chi connectivity index (χ2n) is 14.0. The molecule has 11 heteroatoms. The van der Waals surface area contributed by atoms with Crippen molar-refractivity contribution in [2.75, 3.05) is 89.3 Å². The number of aromatic nitrogens is 2. The zero-order valence-electron chi connectivity index (χ0n) is 26.2. The number of hydrogen-bond acceptors (Lipinski definition) is 10. The average Bonchev–Trinajstić information content (AvgIpc) is 3.02. The maximum atomic E-state index is 11.2. The van der Waals surface area contributed by atoms with Crippen LogP contribution in [0.1, 0.15) is 38.5 Å². The van der Waals surface area contributed by atoms with Crippen LogP contribution in [0.4, 0.5) is 11.5 Å². The van der Waals surface area contributed by atoms with Crippen LogP contribution in [0.3, 0.4) is 0 Å². The maximum absolute atomic E-state index is 11.2. The molecule has 0 bridgehead atoms. The van der Waals surface area contributed by atoms with E-state index in [1.165, 1.54) is 64.7 Å². The van der Waals surface area contributed by atoms with E-state index in [0.717, 1.165) is 62.9 Å². The Balaban J connectivity index is 0.849. The first kappa shape index (κ1) is 29.7. The Bertz CT molecular complexity index is 1300. The number of piperazine rings is 1. The van der Waals surface area contributed by atoms with E-state index in [4.69, 9.17) is 5.73 Å². The molecule has 2 aromatic rings. The lowest BCUT2D eigenvalue weighted by Gasteiger charge is -2.61. The molecule has 5 heterocycles. The molecule has 4 N–H and O–H groups in total. The highest BCUT2D eigenvalue weighted by atomic mass is 16.3. The Hall–Kier alpha value is -2.99. The summed E-state index contributed by atoms with van der Waals surface area (Å²) in [6, 6.07) is 11.5. The number of amides is 1. The number of phenolic OH excluding ortho intramolecular Hbond substituents is 1. The van der Waals surface area contributed by atoms with Crippen molar-refractivity contribution in [1.29, 1.82) is 0 Å². The largest absolute Gasteiger partial charge is 0.507 e. The van der Waals surface area contributed by atoms with Crippen LogP contribution in [-0.2, 0) is 4.79 Å². The molecule has 1 aromatic heterocycles. The number of phenols is 1. The van der Waals surface area contributed by atoms with Gasteiger partial charge in [0.05, 0.1) is 17.9 Å². The van der Waals surface area contributed by atoms with Gasteiger partial charge in [0.25, 0.3) is 0 Å². The lowest BCUT2D eigenvalue weighted by Crippen LogP contribution is -2.68. The van der Waals surface area contributed by atoms with Crippen LogP contribution in [0.15, 0.2) is 30.3 Å². The second-order valence-corrected chi connectivity index (χ2v) is 14.0. The van der Waals surface area contributed by atoms with Crippen molar-refractivity contribution in [1.82, 2.24) is 29.8 Å². The van der Waals surface area contributed by atoms with Crippen molar-refractivity contribution < 1.29 is 9.90 Å². The first-order chi connectivity index (χ1) is 21.4. The van der Waals surface area contributed by atoms with Crippen LogP contribution in [-0.4, -0.2) is 138 Å². The zero-order chi connectivity index (χ0) is 30.3. The molecular formula is C33H49N9O2. The van der Waals surface area contributed by atoms with Gasteiger partial charge in [-0.05, 0) is 88.3 Å². The molecule has 1 aromatic carbocycles. The Kier molecular flexibility index (Phi) is 8.39. The van der Waals surface area contributed by atoms with E-state index in [1.807, 2.05) is 25.2 Å². The summed E-state index contributed by atoms with van der Waals surface area (Å²) in [7, 11) is 1.89. The fourth-order valence-corrected chi connectivity index (χ4v) is 8.87. The van der Waals surface area contributed by atoms with Crippen molar-refractivity contribution in [3.8, 4) is 17.0 Å². The van der Waals surface area contributed by atoms with Crippen molar-refractivity contribution in [3.05, 3.63) is 30.3 Å². The van der Waals surface area contributed by atoms with E-state index < -0.39 is 0 Å². The Morgan fingerprint density at radius 3 is 2.07 bits per heavy atom. The summed E-state index contributed by atoms with van der Waals surface area (Å²) in [6.45, 7) is 11.5. The number of nitrogens with two attached hydrogens (primary N) is 1. The summed E-state index contributed by atoms with van der Waals surface area (Å²) in [6.07, 6.45) is 7.75. The van der Waals surface area contributed by atoms with Gasteiger partial charge in [-0.3, -0.25) is 14.6 Å². The number of para-hydroxylation sites is 1. The van der Waals surface area contributed by atoms with Crippen molar-refractivity contribution in [2.45, 2.75) is 56.7 Å². The zero-order valence-corrected chi connectivity index (χ0v) is 26.2. The number of piperidine rings is 2. The number of benzene rings is 1. The fraction of sp³-hybridized carbons (Fsp3) is 0.667. The lowest BCUT2D eigenvalue weighted by atomic mass is 9.60. The first-order valence-electron chi connectivity index (χ1n) is 16.7. The number of aromatic hydroxyl groups is 1. The van der Waals surface area contributed by atoms with Crippen LogP contribution >= 0.6 is 0 Å². The van der Waals surface area contributed by atoms with Gasteiger partial charge in [0.1, 0.15) is 5.75 Å². The number of nitrogens with one attached hydrogen (secondary N) is 1. The third-order valence-corrected chi connectivity index (χ3v) is 11.2. The standard InChI is InChI=1S/C33H49N9O2/c1-35-32-29(18-28(36-37-32)27-4-2-3-5-30(27)43)42-16-14-41(15-17-42)25-6-10-39(11-7-25)24-8-12-40(13-9-24)26-19-33(20-26)22-38(23-33)21-31(34)44/h2-5,18,24-26,43H,6-17,19-23H2,1H3,(H2,34,44)(H,35,37). The van der Waals surface area contributed by atoms with Gasteiger partial charge in [0.2, 0.25) is 5.91 Å². The van der Waals surface area contributed by atoms with Gasteiger partial charge in [0, 0.05) is 70.0 Å². The van der Waals surface area contributed by atoms with E-state index in [0.29, 0.717) is 29.3 Å². The number of carbonyl (C=O) groups is 1. The molecule has 1 aliphatic carbocycles. The van der Waals surface area contributed by atoms with Gasteiger partial charge in [-0.25, -0.2) is 0 Å². The molecule has 1 amide bonds. The second kappa shape index (κ2) is 12.4. The van der Waals surface area contributed by atoms with E-state index in [-0.39, 0.29) is 11.7 Å². The monoisotopic (exact) mass is 603 g/mol. The number of nitrogens with zero attached hydrogens (tertiary/aromatic N) is 7. The van der Waals surface area contributed by atoms with Crippen molar-refractivity contribution in [2.24, 2.45) is 11.1 Å². The van der Waals surface area contributed by atoms with Crippen molar-refractivity contribution >= 4 is 17.4 Å². The SMILES string of the molecule is CNc1nnc(-c2ccccc2O)cc1N1CCN(C2CCN(C3CCN(C4CC5(C4)CN(CC(N)=O)C5)CC3)CC2)CC1. The molecule has 5 aliphatic rings. The normalized spacial score (nSPS) is 24.7. The van der Waals surface area contributed by atoms with Crippen LogP contribution in [0.2, 0.25) is 0 Å². The average molecular weight is 604 g/mol. The molecule has 11 nitrogen and oxygen atoms in total. The minimum atomic E-state index is -0.201. The highest BCUT2D eigenvalue weighted by Gasteiger charge is 2.54. The van der Waals surface area contributed by atoms with Crippen LogP contribution in [0.25, 0.3) is 11.3 Å². The number of hydrogen-bond donors (Lipinski definition) is 3. The number of primary amides is 1. The Labute approximate surface area is 261 Å². The molecule has 4 aliphatic heterocycles. The highest BCUT2D eigenvalue weighted by Crippen LogP contribution is 2.50. The Morgan fingerprint density at radius 1 is 0.886 bits per heavy atom. The number of likely N-dealkylation sites (tertiary alicyclic amines) is 3. The molecular weight excluding hydrogens is 554 g/mol. The summed E-state index contributed by atoms with van der Waals surface area (Å²) in [4.78, 5) is 24.1. The van der Waals surface area contributed by atoms with Gasteiger partial charge < -0.3 is 30.9 Å². The van der Waals surface area contributed by atoms with Gasteiger partial charge in [-0.1, -0.05) is 12.1 Å². The smallest absolute Gasteiger partial charge is 0.231 e. The van der Waals surface area contributed by atoms with Crippen LogP contribution in [0.5, 0.6) is 5.75 Å². The molecule has 44 heavy (non-hydrogen) atoms. The van der Waals surface area contributed by atoms with Crippen LogP contribution in [0, 0.1) is 5.41 Å². The topological polar surface area (TPSA) is 117 Å². The molecule has 238 valence electrons. The van der Waals surface area contributed by atoms with E-state index in [9.17, 15) is 9.90 Å². The fourth-order valence-electron chi connectivity index (χ4n) is 8.87. The van der Waals surface area contributed by atoms with E-state index >= 15 is 0 Å². The molecule has 0 atom stereocenters. The summed E-state index contributed by atoms with van der Waals surface area (Å²) >= 11 is 0. The third-order valence-electron chi connectivity index (χ3n) is 11.2. The molecule has 5 fully saturated rings. The summed E-state index contributed by atoms with van der Waals surface area (Å²) in [5, 5.41) is 22.4. The highest BCUT2D eigenvalue weighted by molar-refractivity contribution is 5.76. The van der Waals surface area contributed by atoms with Gasteiger partial charge in [0.15, 0.2) is 5.82 Å². The summed E-state index contributed by atoms with van der Waals surface area (Å²) in [5.41, 5.74) is 8.30. The molecule has 0 radical (unpaired) electrons. The predicted molar refractivity (Wildman–Crippen MR) is 173 cm³/mol. The first-order valence-corrected chi connectivity index (χ1v) is 16.7. The minimum Gasteiger partial charge on any atom is -0.507 e. The molecule has 1 spiro atoms. The molecule has 1 saturated carbocycles. The van der Waals surface area contributed by atoms with Crippen molar-refractivity contribution in [3.63, 3.8) is 0 Å². The minimum absolute atomic E-state index is 0.201. The van der Waals surface area contributed by atoms with Gasteiger partial charge in [-0.15, -0.1) is 10.2 Å². The predicted octanol–water partition coefficient (Wildman–Crippen LogP) is 1.89. The van der Waals surface area contributed by atoms with E-state index in [2.05, 4.69) is 46.1 Å². The number of rotatable bonds is 8. The lowest BCUT2D eigenvalue weighted by molar-refractivity contribution is -0.134. The number of carbonyl (C=O) groups excluding carboxylic acids is 1. The third kappa shape index (κ3) is 5.99. The summed E-state index contributed by atoms with van der Waals surface area (Å²) < 4.78 is 0. The van der Waals surface area contributed by atoms with E-state index in [1.54, 1.807) is 6.07 Å². The number of anilines is 2.